The summed E-state index contributed by atoms with van der Waals surface area (Å²) in [5.41, 5.74) is 1.47. The van der Waals surface area contributed by atoms with Gasteiger partial charge in [0.1, 0.15) is 5.75 Å². The lowest BCUT2D eigenvalue weighted by atomic mass is 10.1. The van der Waals surface area contributed by atoms with Crippen LogP contribution in [0, 0.1) is 20.8 Å². The highest BCUT2D eigenvalue weighted by Crippen LogP contribution is 2.28. The number of nitrogens with one attached hydrogen (secondary N) is 1. The molecule has 2 heterocycles. The lowest BCUT2D eigenvalue weighted by molar-refractivity contribution is -0.128. The molecule has 0 radical (unpaired) electrons. The molecule has 0 saturated carbocycles. The van der Waals surface area contributed by atoms with Crippen molar-refractivity contribution in [2.24, 2.45) is 0 Å². The van der Waals surface area contributed by atoms with E-state index in [4.69, 9.17) is 16.3 Å². The summed E-state index contributed by atoms with van der Waals surface area (Å²) in [5, 5.41) is 11.4. The van der Waals surface area contributed by atoms with Crippen LogP contribution in [0.1, 0.15) is 30.7 Å². The van der Waals surface area contributed by atoms with Gasteiger partial charge in [0.25, 0.3) is 11.7 Å². The third kappa shape index (κ3) is 3.48. The monoisotopic (exact) mass is 373 g/mol. The van der Waals surface area contributed by atoms with Gasteiger partial charge in [-0.15, -0.1) is 10.2 Å². The molecule has 8 heteroatoms. The molecule has 0 saturated heterocycles. The number of amides is 1. The van der Waals surface area contributed by atoms with Crippen LogP contribution in [0.3, 0.4) is 0 Å². The molecule has 0 atom stereocenters. The van der Waals surface area contributed by atoms with E-state index < -0.39 is 5.60 Å². The Bertz CT molecular complexity index is 973. The topological polar surface area (TPSA) is 81.4 Å². The largest absolute Gasteiger partial charge is 0.478 e. The van der Waals surface area contributed by atoms with Gasteiger partial charge >= 0.3 is 0 Å². The highest BCUT2D eigenvalue weighted by Gasteiger charge is 2.31. The lowest BCUT2D eigenvalue weighted by Crippen LogP contribution is -2.43. The Morgan fingerprint density at radius 3 is 2.50 bits per heavy atom. The molecular formula is C18H20ClN5O2. The number of anilines is 1. The number of halogens is 1. The molecule has 0 aliphatic heterocycles. The van der Waals surface area contributed by atoms with Crippen molar-refractivity contribution in [3.8, 4) is 5.75 Å². The summed E-state index contributed by atoms with van der Waals surface area (Å²) in [7, 11) is 0. The summed E-state index contributed by atoms with van der Waals surface area (Å²) < 4.78 is 7.53. The highest BCUT2D eigenvalue weighted by atomic mass is 35.5. The first kappa shape index (κ1) is 18.1. The number of hydrogen-bond acceptors (Lipinski definition) is 5. The van der Waals surface area contributed by atoms with Gasteiger partial charge in [-0.1, -0.05) is 11.6 Å². The standard InChI is InChI=1S/C18H20ClN5O2/c1-10-8-13(9-11(2)14(10)19)26-18(4,5)15(25)21-17-23-22-16-20-12(3)6-7-24(16)17/h6-9H,1-5H3,(H,21,23,25). The van der Waals surface area contributed by atoms with Crippen molar-refractivity contribution in [1.82, 2.24) is 19.6 Å². The molecule has 7 nitrogen and oxygen atoms in total. The molecule has 0 unspecified atom stereocenters. The summed E-state index contributed by atoms with van der Waals surface area (Å²) in [6.07, 6.45) is 1.76. The van der Waals surface area contributed by atoms with Crippen LogP contribution < -0.4 is 10.1 Å². The smallest absolute Gasteiger partial charge is 0.270 e. The maximum absolute atomic E-state index is 12.7. The molecule has 26 heavy (non-hydrogen) atoms. The first-order valence-corrected chi connectivity index (χ1v) is 8.51. The number of rotatable bonds is 4. The van der Waals surface area contributed by atoms with Crippen LogP contribution in [0.5, 0.6) is 5.75 Å². The second kappa shape index (κ2) is 6.57. The first-order chi connectivity index (χ1) is 12.2. The number of hydrogen-bond donors (Lipinski definition) is 1. The minimum Gasteiger partial charge on any atom is -0.478 e. The number of fused-ring (bicyclic) bond motifs is 1. The van der Waals surface area contributed by atoms with Gasteiger partial charge < -0.3 is 4.74 Å². The molecule has 0 spiro atoms. The average Bonchev–Trinajstić information content (AvgIpc) is 2.94. The third-order valence-electron chi connectivity index (χ3n) is 3.97. The summed E-state index contributed by atoms with van der Waals surface area (Å²) in [6, 6.07) is 5.43. The maximum Gasteiger partial charge on any atom is 0.270 e. The Labute approximate surface area is 156 Å². The summed E-state index contributed by atoms with van der Waals surface area (Å²) in [6.45, 7) is 9.03. The average molecular weight is 374 g/mol. The normalized spacial score (nSPS) is 11.6. The predicted molar refractivity (Wildman–Crippen MR) is 99.8 cm³/mol. The van der Waals surface area contributed by atoms with Gasteiger partial charge in [0.05, 0.1) is 0 Å². The van der Waals surface area contributed by atoms with Crippen molar-refractivity contribution in [3.63, 3.8) is 0 Å². The summed E-state index contributed by atoms with van der Waals surface area (Å²) in [5.74, 6) is 0.936. The van der Waals surface area contributed by atoms with Crippen LogP contribution in [-0.4, -0.2) is 31.1 Å². The number of benzene rings is 1. The highest BCUT2D eigenvalue weighted by molar-refractivity contribution is 6.32. The first-order valence-electron chi connectivity index (χ1n) is 8.13. The molecule has 0 bridgehead atoms. The Hall–Kier alpha value is -2.67. The van der Waals surface area contributed by atoms with Crippen molar-refractivity contribution in [2.75, 3.05) is 5.32 Å². The van der Waals surface area contributed by atoms with E-state index in [0.29, 0.717) is 16.5 Å². The quantitative estimate of drug-likeness (QED) is 0.756. The number of aromatic nitrogens is 4. The van der Waals surface area contributed by atoms with Gasteiger partial charge in [0, 0.05) is 16.9 Å². The second-order valence-electron chi connectivity index (χ2n) is 6.70. The van der Waals surface area contributed by atoms with Gasteiger partial charge in [-0.3, -0.25) is 14.5 Å². The van der Waals surface area contributed by atoms with Crippen LogP contribution in [0.15, 0.2) is 24.4 Å². The number of ether oxygens (including phenoxy) is 1. The van der Waals surface area contributed by atoms with Gasteiger partial charge in [-0.05, 0) is 63.9 Å². The van der Waals surface area contributed by atoms with E-state index in [2.05, 4.69) is 20.5 Å². The number of carbonyl (C=O) groups is 1. The fourth-order valence-corrected chi connectivity index (χ4v) is 2.63. The number of nitrogens with zero attached hydrogens (tertiary/aromatic N) is 4. The van der Waals surface area contributed by atoms with Crippen LogP contribution in [0.25, 0.3) is 5.78 Å². The molecule has 0 aliphatic rings. The van der Waals surface area contributed by atoms with Crippen LogP contribution >= 0.6 is 11.6 Å². The van der Waals surface area contributed by atoms with E-state index in [9.17, 15) is 4.79 Å². The number of aryl methyl sites for hydroxylation is 3. The Morgan fingerprint density at radius 2 is 1.85 bits per heavy atom. The van der Waals surface area contributed by atoms with Crippen LogP contribution in [0.4, 0.5) is 5.95 Å². The minimum absolute atomic E-state index is 0.289. The summed E-state index contributed by atoms with van der Waals surface area (Å²) in [4.78, 5) is 17.0. The SMILES string of the molecule is Cc1ccn2c(NC(=O)C(C)(C)Oc3cc(C)c(Cl)c(C)c3)nnc2n1. The van der Waals surface area contributed by atoms with Gasteiger partial charge in [0.15, 0.2) is 5.60 Å². The van der Waals surface area contributed by atoms with E-state index in [1.807, 2.05) is 39.0 Å². The van der Waals surface area contributed by atoms with Crippen molar-refractivity contribution < 1.29 is 9.53 Å². The minimum atomic E-state index is -1.13. The van der Waals surface area contributed by atoms with Crippen LogP contribution in [0.2, 0.25) is 5.02 Å². The zero-order chi connectivity index (χ0) is 19.1. The van der Waals surface area contributed by atoms with E-state index in [1.165, 1.54) is 0 Å². The molecule has 1 N–H and O–H groups in total. The zero-order valence-electron chi connectivity index (χ0n) is 15.3. The van der Waals surface area contributed by atoms with Crippen molar-refractivity contribution in [1.29, 1.82) is 0 Å². The molecule has 3 rings (SSSR count). The van der Waals surface area contributed by atoms with Gasteiger partial charge in [-0.2, -0.15) is 0 Å². The predicted octanol–water partition coefficient (Wildman–Crippen LogP) is 3.50. The zero-order valence-corrected chi connectivity index (χ0v) is 16.0. The molecule has 2 aromatic heterocycles. The molecule has 136 valence electrons. The van der Waals surface area contributed by atoms with Crippen molar-refractivity contribution in [3.05, 3.63) is 46.2 Å². The van der Waals surface area contributed by atoms with Crippen molar-refractivity contribution >= 4 is 29.2 Å². The molecule has 0 aliphatic carbocycles. The number of carbonyl (C=O) groups excluding carboxylic acids is 1. The van der Waals surface area contributed by atoms with Crippen molar-refractivity contribution in [2.45, 2.75) is 40.2 Å². The van der Waals surface area contributed by atoms with E-state index in [0.717, 1.165) is 16.8 Å². The van der Waals surface area contributed by atoms with E-state index in [-0.39, 0.29) is 11.9 Å². The second-order valence-corrected chi connectivity index (χ2v) is 7.08. The molecular weight excluding hydrogens is 354 g/mol. The third-order valence-corrected chi connectivity index (χ3v) is 4.57. The van der Waals surface area contributed by atoms with Gasteiger partial charge in [-0.25, -0.2) is 4.98 Å². The fraction of sp³-hybridized carbons (Fsp3) is 0.333. The van der Waals surface area contributed by atoms with E-state index in [1.54, 1.807) is 24.4 Å². The summed E-state index contributed by atoms with van der Waals surface area (Å²) >= 11 is 6.19. The maximum atomic E-state index is 12.7. The lowest BCUT2D eigenvalue weighted by Gasteiger charge is -2.25. The Morgan fingerprint density at radius 1 is 1.19 bits per heavy atom. The molecule has 0 fully saturated rings. The van der Waals surface area contributed by atoms with Gasteiger partial charge in [0.2, 0.25) is 5.95 Å². The molecule has 3 aromatic rings. The van der Waals surface area contributed by atoms with E-state index >= 15 is 0 Å². The molecule has 1 amide bonds. The van der Waals surface area contributed by atoms with Crippen LogP contribution in [-0.2, 0) is 4.79 Å². The Kier molecular flexibility index (Phi) is 4.58. The molecule has 1 aromatic carbocycles. The fourth-order valence-electron chi connectivity index (χ4n) is 2.52. The Balaban J connectivity index is 1.81.